The zero-order valence-electron chi connectivity index (χ0n) is 13.1. The molecule has 1 amide bonds. The van der Waals surface area contributed by atoms with Gasteiger partial charge in [-0.15, -0.1) is 5.10 Å². The third-order valence-electron chi connectivity index (χ3n) is 3.45. The molecular formula is C15H12F3N5O2. The Hall–Kier alpha value is -3.17. The Morgan fingerprint density at radius 1 is 1.24 bits per heavy atom. The molecule has 0 fully saturated rings. The molecule has 0 saturated carbocycles. The molecule has 0 aliphatic rings. The number of carbonyl (C=O) groups is 1. The van der Waals surface area contributed by atoms with Crippen LogP contribution in [-0.4, -0.2) is 32.6 Å². The summed E-state index contributed by atoms with van der Waals surface area (Å²) < 4.78 is 44.0. The number of alkyl halides is 3. The van der Waals surface area contributed by atoms with Gasteiger partial charge in [-0.05, 0) is 31.2 Å². The Labute approximate surface area is 139 Å². The number of amides is 1. The molecule has 7 nitrogen and oxygen atoms in total. The van der Waals surface area contributed by atoms with Gasteiger partial charge in [0.15, 0.2) is 0 Å². The van der Waals surface area contributed by atoms with Crippen LogP contribution in [0.5, 0.6) is 5.75 Å². The van der Waals surface area contributed by atoms with Crippen LogP contribution in [0.1, 0.15) is 21.9 Å². The van der Waals surface area contributed by atoms with Crippen molar-refractivity contribution in [3.05, 3.63) is 47.5 Å². The predicted octanol–water partition coefficient (Wildman–Crippen LogP) is 2.71. The molecule has 0 radical (unpaired) electrons. The van der Waals surface area contributed by atoms with E-state index in [0.717, 1.165) is 4.52 Å². The van der Waals surface area contributed by atoms with Gasteiger partial charge >= 0.3 is 6.18 Å². The van der Waals surface area contributed by atoms with Crippen LogP contribution in [0.4, 0.5) is 18.9 Å². The number of fused-ring (bicyclic) bond motifs is 1. The molecule has 10 heteroatoms. The molecule has 2 aromatic heterocycles. The van der Waals surface area contributed by atoms with E-state index in [1.165, 1.54) is 20.2 Å². The molecule has 0 bridgehead atoms. The maximum atomic E-state index is 12.7. The Balaban J connectivity index is 1.91. The molecule has 0 spiro atoms. The quantitative estimate of drug-likeness (QED) is 0.785. The monoisotopic (exact) mass is 351 g/mol. The van der Waals surface area contributed by atoms with E-state index >= 15 is 0 Å². The molecule has 0 saturated heterocycles. The van der Waals surface area contributed by atoms with Crippen molar-refractivity contribution in [3.63, 3.8) is 0 Å². The first-order chi connectivity index (χ1) is 11.8. The molecule has 130 valence electrons. The summed E-state index contributed by atoms with van der Waals surface area (Å²) in [5, 5.41) is 6.01. The first-order valence-electron chi connectivity index (χ1n) is 7.04. The highest BCUT2D eigenvalue weighted by atomic mass is 19.4. The molecule has 0 aliphatic carbocycles. The van der Waals surface area contributed by atoms with Crippen LogP contribution in [0.3, 0.4) is 0 Å². The molecule has 0 aliphatic heterocycles. The van der Waals surface area contributed by atoms with E-state index in [4.69, 9.17) is 4.74 Å². The van der Waals surface area contributed by atoms with Crippen LogP contribution in [0, 0.1) is 6.92 Å². The Kier molecular flexibility index (Phi) is 4.03. The highest BCUT2D eigenvalue weighted by molar-refractivity contribution is 6.04. The first kappa shape index (κ1) is 16.7. The number of nitrogens with zero attached hydrogens (tertiary/aromatic N) is 4. The van der Waals surface area contributed by atoms with Crippen LogP contribution in [-0.2, 0) is 6.18 Å². The van der Waals surface area contributed by atoms with Crippen molar-refractivity contribution in [2.75, 3.05) is 12.4 Å². The number of nitrogens with one attached hydrogen (secondary N) is 1. The van der Waals surface area contributed by atoms with Gasteiger partial charge in [-0.1, -0.05) is 0 Å². The number of methoxy groups -OCH3 is 1. The Morgan fingerprint density at radius 3 is 2.52 bits per heavy atom. The van der Waals surface area contributed by atoms with Gasteiger partial charge in [0.2, 0.25) is 0 Å². The second kappa shape index (κ2) is 6.04. The normalized spacial score (nSPS) is 11.6. The molecule has 1 aromatic carbocycles. The Bertz CT molecular complexity index is 935. The SMILES string of the molecule is COc1ccc(NC(=O)c2cnc3nc(C(F)(F)F)nn3c2C)cc1. The number of anilines is 1. The summed E-state index contributed by atoms with van der Waals surface area (Å²) in [6, 6.07) is 6.60. The smallest absolute Gasteiger partial charge is 0.453 e. The van der Waals surface area contributed by atoms with E-state index in [0.29, 0.717) is 11.4 Å². The third kappa shape index (κ3) is 3.23. The largest absolute Gasteiger partial charge is 0.497 e. The second-order valence-corrected chi connectivity index (χ2v) is 5.08. The maximum absolute atomic E-state index is 12.7. The molecule has 25 heavy (non-hydrogen) atoms. The van der Waals surface area contributed by atoms with Crippen LogP contribution < -0.4 is 10.1 Å². The van der Waals surface area contributed by atoms with Gasteiger partial charge in [0.1, 0.15) is 5.75 Å². The van der Waals surface area contributed by atoms with Crippen molar-refractivity contribution < 1.29 is 22.7 Å². The lowest BCUT2D eigenvalue weighted by Crippen LogP contribution is -2.16. The number of hydrogen-bond donors (Lipinski definition) is 1. The third-order valence-corrected chi connectivity index (χ3v) is 3.45. The summed E-state index contributed by atoms with van der Waals surface area (Å²) in [6.45, 7) is 1.46. The molecule has 0 unspecified atom stereocenters. The van der Waals surface area contributed by atoms with Gasteiger partial charge in [0.05, 0.1) is 18.4 Å². The molecule has 0 atom stereocenters. The van der Waals surface area contributed by atoms with Crippen LogP contribution in [0.15, 0.2) is 30.5 Å². The fraction of sp³-hybridized carbons (Fsp3) is 0.200. The van der Waals surface area contributed by atoms with Gasteiger partial charge in [0.25, 0.3) is 17.5 Å². The van der Waals surface area contributed by atoms with E-state index < -0.39 is 17.9 Å². The lowest BCUT2D eigenvalue weighted by molar-refractivity contribution is -0.144. The summed E-state index contributed by atoms with van der Waals surface area (Å²) in [5.41, 5.74) is 0.779. The van der Waals surface area contributed by atoms with Gasteiger partial charge in [-0.25, -0.2) is 9.50 Å². The van der Waals surface area contributed by atoms with E-state index in [9.17, 15) is 18.0 Å². The average molecular weight is 351 g/mol. The number of rotatable bonds is 3. The van der Waals surface area contributed by atoms with E-state index in [-0.39, 0.29) is 17.0 Å². The van der Waals surface area contributed by atoms with Gasteiger partial charge < -0.3 is 10.1 Å². The fourth-order valence-corrected chi connectivity index (χ4v) is 2.16. The van der Waals surface area contributed by atoms with Crippen molar-refractivity contribution in [1.29, 1.82) is 0 Å². The first-order valence-corrected chi connectivity index (χ1v) is 7.04. The number of ether oxygens (including phenoxy) is 1. The van der Waals surface area contributed by atoms with Gasteiger partial charge in [-0.2, -0.15) is 18.2 Å². The van der Waals surface area contributed by atoms with Crippen LogP contribution in [0.25, 0.3) is 5.78 Å². The summed E-state index contributed by atoms with van der Waals surface area (Å²) in [5.74, 6) is -1.44. The zero-order chi connectivity index (χ0) is 18.2. The van der Waals surface area contributed by atoms with E-state index in [1.807, 2.05) is 0 Å². The highest BCUT2D eigenvalue weighted by Gasteiger charge is 2.36. The van der Waals surface area contributed by atoms with Crippen LogP contribution >= 0.6 is 0 Å². The summed E-state index contributed by atoms with van der Waals surface area (Å²) >= 11 is 0. The fourth-order valence-electron chi connectivity index (χ4n) is 2.16. The number of carbonyl (C=O) groups excluding carboxylic acids is 1. The molecule has 3 rings (SSSR count). The minimum atomic E-state index is -4.69. The summed E-state index contributed by atoms with van der Waals surface area (Å²) in [6.07, 6.45) is -3.52. The zero-order valence-corrected chi connectivity index (χ0v) is 13.1. The predicted molar refractivity (Wildman–Crippen MR) is 81.5 cm³/mol. The lowest BCUT2D eigenvalue weighted by Gasteiger charge is -2.08. The number of hydrogen-bond acceptors (Lipinski definition) is 5. The van der Waals surface area contributed by atoms with Crippen molar-refractivity contribution in [1.82, 2.24) is 19.6 Å². The van der Waals surface area contributed by atoms with Gasteiger partial charge in [-0.3, -0.25) is 4.79 Å². The average Bonchev–Trinajstić information content (AvgIpc) is 3.01. The minimum Gasteiger partial charge on any atom is -0.497 e. The van der Waals surface area contributed by atoms with Crippen molar-refractivity contribution in [2.45, 2.75) is 13.1 Å². The number of aromatic nitrogens is 4. The maximum Gasteiger partial charge on any atom is 0.453 e. The van der Waals surface area contributed by atoms with E-state index in [2.05, 4.69) is 20.4 Å². The second-order valence-electron chi connectivity index (χ2n) is 5.08. The highest BCUT2D eigenvalue weighted by Crippen LogP contribution is 2.26. The molecular weight excluding hydrogens is 339 g/mol. The lowest BCUT2D eigenvalue weighted by atomic mass is 10.2. The van der Waals surface area contributed by atoms with Crippen molar-refractivity contribution in [2.24, 2.45) is 0 Å². The molecule has 1 N–H and O–H groups in total. The van der Waals surface area contributed by atoms with Gasteiger partial charge in [0, 0.05) is 11.9 Å². The topological polar surface area (TPSA) is 81.4 Å². The number of aryl methyl sites for hydroxylation is 1. The van der Waals surface area contributed by atoms with E-state index in [1.54, 1.807) is 24.3 Å². The molecule has 2 heterocycles. The van der Waals surface area contributed by atoms with Crippen molar-refractivity contribution in [3.8, 4) is 5.75 Å². The summed E-state index contributed by atoms with van der Waals surface area (Å²) in [7, 11) is 1.52. The van der Waals surface area contributed by atoms with Crippen molar-refractivity contribution >= 4 is 17.4 Å². The Morgan fingerprint density at radius 2 is 1.92 bits per heavy atom. The molecule has 3 aromatic rings. The number of halogens is 3. The standard InChI is InChI=1S/C15H12F3N5O2/c1-8-11(12(24)20-9-3-5-10(25-2)6-4-9)7-19-14-21-13(15(16,17)18)22-23(8)14/h3-7H,1-2H3,(H,20,24). The minimum absolute atomic E-state index is 0.0851. The van der Waals surface area contributed by atoms with Crippen LogP contribution in [0.2, 0.25) is 0 Å². The number of benzene rings is 1. The summed E-state index contributed by atoms with van der Waals surface area (Å²) in [4.78, 5) is 19.5.